The molecule has 0 saturated heterocycles. The van der Waals surface area contributed by atoms with E-state index < -0.39 is 0 Å². The highest BCUT2D eigenvalue weighted by molar-refractivity contribution is 7.16. The molecule has 2 heterocycles. The molecule has 5 heteroatoms. The Morgan fingerprint density at radius 1 is 1.56 bits per heavy atom. The number of rotatable bonds is 3. The molecule has 100 valence electrons. The molecule has 4 nitrogen and oxygen atoms in total. The summed E-state index contributed by atoms with van der Waals surface area (Å²) in [6, 6.07) is 0. The van der Waals surface area contributed by atoms with E-state index in [1.54, 1.807) is 6.92 Å². The van der Waals surface area contributed by atoms with Gasteiger partial charge in [-0.1, -0.05) is 6.92 Å². The fourth-order valence-electron chi connectivity index (χ4n) is 2.16. The molecule has 1 aromatic rings. The summed E-state index contributed by atoms with van der Waals surface area (Å²) in [5, 5.41) is 0.544. The van der Waals surface area contributed by atoms with Crippen LogP contribution in [0.3, 0.4) is 0 Å². The van der Waals surface area contributed by atoms with Gasteiger partial charge in [0.2, 0.25) is 0 Å². The van der Waals surface area contributed by atoms with E-state index in [0.29, 0.717) is 23.8 Å². The first-order valence-electron chi connectivity index (χ1n) is 6.22. The molecule has 1 aliphatic heterocycles. The quantitative estimate of drug-likeness (QED) is 0.857. The van der Waals surface area contributed by atoms with E-state index in [4.69, 9.17) is 15.2 Å². The van der Waals surface area contributed by atoms with Gasteiger partial charge in [-0.15, -0.1) is 11.3 Å². The monoisotopic (exact) mass is 269 g/mol. The normalized spacial score (nSPS) is 22.6. The maximum absolute atomic E-state index is 12.0. The van der Waals surface area contributed by atoms with Crippen LogP contribution in [0, 0.1) is 0 Å². The Morgan fingerprint density at radius 2 is 2.28 bits per heavy atom. The first-order chi connectivity index (χ1) is 8.50. The largest absolute Gasteiger partial charge is 0.462 e. The molecule has 1 aliphatic rings. The maximum Gasteiger partial charge on any atom is 0.341 e. The number of thiophene rings is 1. The molecule has 2 rings (SSSR count). The zero-order chi connectivity index (χ0) is 13.3. The molecule has 2 N–H and O–H groups in total. The second-order valence-corrected chi connectivity index (χ2v) is 5.87. The van der Waals surface area contributed by atoms with Crippen molar-refractivity contribution >= 4 is 22.3 Å². The van der Waals surface area contributed by atoms with Gasteiger partial charge in [0.25, 0.3) is 0 Å². The van der Waals surface area contributed by atoms with Crippen LogP contribution in [-0.2, 0) is 22.5 Å². The Bertz CT molecular complexity index is 469. The number of ether oxygens (including phenoxy) is 2. The van der Waals surface area contributed by atoms with E-state index in [9.17, 15) is 4.79 Å². The van der Waals surface area contributed by atoms with Gasteiger partial charge < -0.3 is 15.2 Å². The van der Waals surface area contributed by atoms with Gasteiger partial charge in [0, 0.05) is 11.3 Å². The van der Waals surface area contributed by atoms with Crippen molar-refractivity contribution in [2.75, 3.05) is 12.3 Å². The van der Waals surface area contributed by atoms with Crippen molar-refractivity contribution in [3.05, 3.63) is 16.0 Å². The van der Waals surface area contributed by atoms with E-state index in [-0.39, 0.29) is 11.6 Å². The summed E-state index contributed by atoms with van der Waals surface area (Å²) >= 11 is 1.43. The molecule has 0 unspecified atom stereocenters. The lowest BCUT2D eigenvalue weighted by Crippen LogP contribution is -2.34. The fourth-order valence-corrected chi connectivity index (χ4v) is 3.15. The van der Waals surface area contributed by atoms with Crippen molar-refractivity contribution in [3.8, 4) is 0 Å². The van der Waals surface area contributed by atoms with Gasteiger partial charge in [0.05, 0.1) is 24.4 Å². The average molecular weight is 269 g/mol. The molecule has 0 spiro atoms. The Balaban J connectivity index is 2.39. The molecule has 0 saturated carbocycles. The van der Waals surface area contributed by atoms with Gasteiger partial charge in [-0.25, -0.2) is 4.79 Å². The van der Waals surface area contributed by atoms with Crippen molar-refractivity contribution in [3.63, 3.8) is 0 Å². The van der Waals surface area contributed by atoms with E-state index in [1.165, 1.54) is 11.3 Å². The predicted octanol–water partition coefficient (Wildman–Crippen LogP) is 2.75. The van der Waals surface area contributed by atoms with Crippen molar-refractivity contribution in [1.29, 1.82) is 0 Å². The molecule has 0 radical (unpaired) electrons. The lowest BCUT2D eigenvalue weighted by molar-refractivity contribution is -0.0548. The lowest BCUT2D eigenvalue weighted by Gasteiger charge is -2.33. The van der Waals surface area contributed by atoms with Crippen LogP contribution in [-0.4, -0.2) is 18.2 Å². The number of nitrogens with two attached hydrogens (primary N) is 1. The lowest BCUT2D eigenvalue weighted by atomic mass is 9.89. The van der Waals surface area contributed by atoms with Crippen LogP contribution >= 0.6 is 11.3 Å². The van der Waals surface area contributed by atoms with Crippen LogP contribution in [0.25, 0.3) is 0 Å². The first kappa shape index (κ1) is 13.4. The predicted molar refractivity (Wildman–Crippen MR) is 71.9 cm³/mol. The molecule has 0 bridgehead atoms. The Hall–Kier alpha value is -1.07. The number of carbonyl (C=O) groups is 1. The zero-order valence-electron chi connectivity index (χ0n) is 11.0. The third-order valence-electron chi connectivity index (χ3n) is 3.45. The SMILES string of the molecule is CCOC(=O)c1c(N)sc2c1C[C@@](C)(CC)OC2. The highest BCUT2D eigenvalue weighted by Crippen LogP contribution is 2.40. The van der Waals surface area contributed by atoms with E-state index in [1.807, 2.05) is 0 Å². The van der Waals surface area contributed by atoms with Crippen molar-refractivity contribution in [2.45, 2.75) is 45.8 Å². The minimum absolute atomic E-state index is 0.207. The highest BCUT2D eigenvalue weighted by Gasteiger charge is 2.35. The molecular weight excluding hydrogens is 250 g/mol. The Morgan fingerprint density at radius 3 is 2.89 bits per heavy atom. The molecule has 18 heavy (non-hydrogen) atoms. The van der Waals surface area contributed by atoms with E-state index >= 15 is 0 Å². The molecule has 0 aliphatic carbocycles. The molecular formula is C13H19NO3S. The maximum atomic E-state index is 12.0. The second kappa shape index (κ2) is 4.90. The summed E-state index contributed by atoms with van der Waals surface area (Å²) in [7, 11) is 0. The summed E-state index contributed by atoms with van der Waals surface area (Å²) in [4.78, 5) is 13.0. The number of hydrogen-bond donors (Lipinski definition) is 1. The molecule has 0 aromatic carbocycles. The van der Waals surface area contributed by atoms with Crippen LogP contribution in [0.1, 0.15) is 48.0 Å². The van der Waals surface area contributed by atoms with Crippen molar-refractivity contribution in [2.24, 2.45) is 0 Å². The van der Waals surface area contributed by atoms with Gasteiger partial charge >= 0.3 is 5.97 Å². The minimum atomic E-state index is -0.312. The highest BCUT2D eigenvalue weighted by atomic mass is 32.1. The number of esters is 1. The van der Waals surface area contributed by atoms with Crippen molar-refractivity contribution in [1.82, 2.24) is 0 Å². The Labute approximate surface area is 111 Å². The summed E-state index contributed by atoms with van der Waals surface area (Å²) in [5.74, 6) is -0.312. The van der Waals surface area contributed by atoms with E-state index in [0.717, 1.165) is 23.3 Å². The van der Waals surface area contributed by atoms with Gasteiger partial charge in [0.15, 0.2) is 0 Å². The fraction of sp³-hybridized carbons (Fsp3) is 0.615. The molecule has 1 aromatic heterocycles. The average Bonchev–Trinajstić information content (AvgIpc) is 2.64. The van der Waals surface area contributed by atoms with Gasteiger partial charge in [-0.3, -0.25) is 0 Å². The van der Waals surface area contributed by atoms with Crippen LogP contribution in [0.2, 0.25) is 0 Å². The standard InChI is InChI=1S/C13H19NO3S/c1-4-13(3)6-8-9(7-17-13)18-11(14)10(8)12(15)16-5-2/h4-7,14H2,1-3H3/t13-/m1/s1. The second-order valence-electron chi connectivity index (χ2n) is 4.73. The third kappa shape index (κ3) is 2.24. The van der Waals surface area contributed by atoms with Crippen LogP contribution in [0.15, 0.2) is 0 Å². The summed E-state index contributed by atoms with van der Waals surface area (Å²) in [6.45, 7) is 6.86. The smallest absolute Gasteiger partial charge is 0.341 e. The number of fused-ring (bicyclic) bond motifs is 1. The summed E-state index contributed by atoms with van der Waals surface area (Å²) in [5.41, 5.74) is 7.31. The number of carbonyl (C=O) groups excluding carboxylic acids is 1. The zero-order valence-corrected chi connectivity index (χ0v) is 11.9. The first-order valence-corrected chi connectivity index (χ1v) is 7.03. The molecule has 1 atom stereocenters. The molecule has 0 amide bonds. The summed E-state index contributed by atoms with van der Waals surface area (Å²) in [6.07, 6.45) is 1.63. The minimum Gasteiger partial charge on any atom is -0.462 e. The van der Waals surface area contributed by atoms with Crippen molar-refractivity contribution < 1.29 is 14.3 Å². The van der Waals surface area contributed by atoms with Crippen LogP contribution in [0.5, 0.6) is 0 Å². The number of nitrogen functional groups attached to an aromatic ring is 1. The van der Waals surface area contributed by atoms with E-state index in [2.05, 4.69) is 13.8 Å². The summed E-state index contributed by atoms with van der Waals surface area (Å²) < 4.78 is 10.9. The van der Waals surface area contributed by atoms with Gasteiger partial charge in [-0.2, -0.15) is 0 Å². The van der Waals surface area contributed by atoms with Crippen LogP contribution < -0.4 is 5.73 Å². The topological polar surface area (TPSA) is 61.5 Å². The number of anilines is 1. The number of hydrogen-bond acceptors (Lipinski definition) is 5. The van der Waals surface area contributed by atoms with Crippen LogP contribution in [0.4, 0.5) is 5.00 Å². The van der Waals surface area contributed by atoms with Gasteiger partial charge in [-0.05, 0) is 25.8 Å². The Kier molecular flexibility index (Phi) is 3.64. The molecule has 0 fully saturated rings. The third-order valence-corrected chi connectivity index (χ3v) is 4.48. The van der Waals surface area contributed by atoms with Gasteiger partial charge in [0.1, 0.15) is 5.00 Å².